The molecule has 0 spiro atoms. The van der Waals surface area contributed by atoms with Gasteiger partial charge in [-0.2, -0.15) is 0 Å². The average molecular weight is 376 g/mol. The number of hydrogen-bond acceptors (Lipinski definition) is 4. The molecule has 150 valence electrons. The van der Waals surface area contributed by atoms with Crippen LogP contribution in [0.2, 0.25) is 0 Å². The minimum atomic E-state index is -0.487. The molecule has 1 aromatic rings. The van der Waals surface area contributed by atoms with Gasteiger partial charge in [-0.25, -0.2) is 5.90 Å². The van der Waals surface area contributed by atoms with Crippen LogP contribution in [0.1, 0.15) is 51.5 Å². The van der Waals surface area contributed by atoms with Crippen molar-refractivity contribution in [1.29, 1.82) is 0 Å². The number of likely N-dealkylation sites (N-methyl/N-ethyl adjacent to an activating group) is 1. The van der Waals surface area contributed by atoms with Gasteiger partial charge in [-0.15, -0.1) is 0 Å². The highest BCUT2D eigenvalue weighted by Gasteiger charge is 2.61. The highest BCUT2D eigenvalue weighted by molar-refractivity contribution is 5.92. The zero-order valence-electron chi connectivity index (χ0n) is 16.6. The first-order valence-corrected chi connectivity index (χ1v) is 10.0. The Morgan fingerprint density at radius 2 is 1.89 bits per heavy atom. The van der Waals surface area contributed by atoms with Crippen LogP contribution in [0.3, 0.4) is 0 Å². The van der Waals surface area contributed by atoms with Gasteiger partial charge in [0.05, 0.1) is 12.0 Å². The van der Waals surface area contributed by atoms with Gasteiger partial charge in [-0.05, 0) is 44.6 Å². The number of nitrogens with one attached hydrogen (secondary N) is 1. The lowest BCUT2D eigenvalue weighted by molar-refractivity contribution is -0.134. The Bertz CT molecular complexity index is 604. The number of rotatable bonds is 12. The van der Waals surface area contributed by atoms with Crippen LogP contribution in [0.15, 0.2) is 30.3 Å². The van der Waals surface area contributed by atoms with Crippen molar-refractivity contribution in [3.63, 3.8) is 0 Å². The number of carbonyl (C=O) groups excluding carboxylic acids is 2. The lowest BCUT2D eigenvalue weighted by atomic mass is 9.91. The number of unbranched alkanes of at least 4 members (excludes halogenated alkanes) is 2. The first-order valence-electron chi connectivity index (χ1n) is 10.0. The van der Waals surface area contributed by atoms with Crippen LogP contribution in [0, 0.1) is 5.92 Å². The van der Waals surface area contributed by atoms with Crippen LogP contribution >= 0.6 is 0 Å². The lowest BCUT2D eigenvalue weighted by Gasteiger charge is -2.26. The molecule has 1 aromatic carbocycles. The van der Waals surface area contributed by atoms with Crippen LogP contribution in [-0.2, 0) is 19.8 Å². The van der Waals surface area contributed by atoms with E-state index < -0.39 is 5.41 Å². The van der Waals surface area contributed by atoms with Gasteiger partial charge < -0.3 is 15.1 Å². The Hall–Kier alpha value is -1.92. The van der Waals surface area contributed by atoms with E-state index in [2.05, 4.69) is 10.2 Å². The van der Waals surface area contributed by atoms with Crippen molar-refractivity contribution < 1.29 is 14.4 Å². The normalized spacial score (nSPS) is 20.9. The summed E-state index contributed by atoms with van der Waals surface area (Å²) in [5.74, 6) is 5.37. The van der Waals surface area contributed by atoms with Crippen molar-refractivity contribution in [1.82, 2.24) is 10.2 Å². The van der Waals surface area contributed by atoms with Crippen LogP contribution in [0.25, 0.3) is 0 Å². The molecule has 2 atom stereocenters. The van der Waals surface area contributed by atoms with E-state index in [-0.39, 0.29) is 17.7 Å². The zero-order chi connectivity index (χ0) is 19.7. The topological polar surface area (TPSA) is 84.7 Å². The second kappa shape index (κ2) is 10.4. The molecule has 6 nitrogen and oxygen atoms in total. The van der Waals surface area contributed by atoms with Crippen LogP contribution < -0.4 is 11.2 Å². The summed E-state index contributed by atoms with van der Waals surface area (Å²) in [7, 11) is 0. The zero-order valence-corrected chi connectivity index (χ0v) is 16.6. The van der Waals surface area contributed by atoms with Gasteiger partial charge in [0.2, 0.25) is 11.8 Å². The van der Waals surface area contributed by atoms with Crippen molar-refractivity contribution in [2.45, 2.75) is 51.4 Å². The third kappa shape index (κ3) is 5.30. The summed E-state index contributed by atoms with van der Waals surface area (Å²) >= 11 is 0. The number of nitrogens with two attached hydrogens (primary N) is 1. The van der Waals surface area contributed by atoms with Crippen LogP contribution in [0.4, 0.5) is 0 Å². The maximum absolute atomic E-state index is 13.2. The Labute approximate surface area is 162 Å². The third-order valence-corrected chi connectivity index (χ3v) is 5.54. The van der Waals surface area contributed by atoms with Gasteiger partial charge in [0.1, 0.15) is 0 Å². The number of carbonyl (C=O) groups is 2. The van der Waals surface area contributed by atoms with E-state index in [9.17, 15) is 9.59 Å². The van der Waals surface area contributed by atoms with E-state index in [0.717, 1.165) is 31.2 Å². The molecule has 0 aromatic heterocycles. The number of hydrogen-bond donors (Lipinski definition) is 2. The predicted octanol–water partition coefficient (Wildman–Crippen LogP) is 2.38. The Balaban J connectivity index is 1.93. The van der Waals surface area contributed by atoms with Gasteiger partial charge in [0.15, 0.2) is 0 Å². The molecular weight excluding hydrogens is 342 g/mol. The van der Waals surface area contributed by atoms with Crippen LogP contribution in [0.5, 0.6) is 0 Å². The average Bonchev–Trinajstić information content (AvgIpc) is 3.43. The maximum Gasteiger partial charge on any atom is 0.233 e. The first-order chi connectivity index (χ1) is 13.1. The molecule has 6 heteroatoms. The summed E-state index contributed by atoms with van der Waals surface area (Å²) in [5, 5.41) is 3.02. The van der Waals surface area contributed by atoms with Crippen molar-refractivity contribution in [3.05, 3.63) is 35.9 Å². The quantitative estimate of drug-likeness (QED) is 0.434. The molecule has 3 N–H and O–H groups in total. The minimum absolute atomic E-state index is 0.0489. The second-order valence-corrected chi connectivity index (χ2v) is 7.20. The largest absolute Gasteiger partial charge is 0.356 e. The monoisotopic (exact) mass is 375 g/mol. The summed E-state index contributed by atoms with van der Waals surface area (Å²) in [6.07, 6.45) is 3.90. The molecule has 1 saturated carbocycles. The molecule has 0 heterocycles. The minimum Gasteiger partial charge on any atom is -0.356 e. The van der Waals surface area contributed by atoms with E-state index in [1.807, 2.05) is 49.1 Å². The van der Waals surface area contributed by atoms with E-state index in [0.29, 0.717) is 32.7 Å². The summed E-state index contributed by atoms with van der Waals surface area (Å²) in [5.41, 5.74) is 0.571. The Kier molecular flexibility index (Phi) is 8.25. The second-order valence-electron chi connectivity index (χ2n) is 7.20. The molecule has 0 aliphatic heterocycles. The maximum atomic E-state index is 13.2. The molecule has 0 saturated heterocycles. The van der Waals surface area contributed by atoms with E-state index >= 15 is 0 Å². The van der Waals surface area contributed by atoms with Crippen molar-refractivity contribution in [3.8, 4) is 0 Å². The molecule has 2 rings (SSSR count). The van der Waals surface area contributed by atoms with Gasteiger partial charge >= 0.3 is 0 Å². The fourth-order valence-corrected chi connectivity index (χ4v) is 3.82. The Morgan fingerprint density at radius 1 is 1.19 bits per heavy atom. The van der Waals surface area contributed by atoms with Crippen molar-refractivity contribution >= 4 is 11.8 Å². The van der Waals surface area contributed by atoms with Gasteiger partial charge in [0, 0.05) is 26.1 Å². The van der Waals surface area contributed by atoms with Gasteiger partial charge in [-0.1, -0.05) is 36.8 Å². The van der Waals surface area contributed by atoms with E-state index in [1.165, 1.54) is 0 Å². The highest BCUT2D eigenvalue weighted by Crippen LogP contribution is 2.55. The third-order valence-electron chi connectivity index (χ3n) is 5.54. The molecule has 1 unspecified atom stereocenters. The lowest BCUT2D eigenvalue weighted by Crippen LogP contribution is -2.41. The smallest absolute Gasteiger partial charge is 0.233 e. The molecule has 27 heavy (non-hydrogen) atoms. The first kappa shape index (κ1) is 21.4. The van der Waals surface area contributed by atoms with Crippen molar-refractivity contribution in [2.24, 2.45) is 11.8 Å². The van der Waals surface area contributed by atoms with E-state index in [1.54, 1.807) is 0 Å². The Morgan fingerprint density at radius 3 is 2.52 bits per heavy atom. The molecule has 1 aliphatic rings. The highest BCUT2D eigenvalue weighted by atomic mass is 16.6. The van der Waals surface area contributed by atoms with E-state index in [4.69, 9.17) is 5.90 Å². The van der Waals surface area contributed by atoms with Gasteiger partial charge in [0.25, 0.3) is 0 Å². The standard InChI is InChI=1S/C21H33N3O3/c1-3-24(4-2)20(26)21(17-11-7-5-8-12-17)15-18(21)16-23-19(25)13-9-6-10-14-27-22/h5,7-8,11-12,18H,3-4,6,9-10,13-16,22H2,1-2H3,(H,23,25)/t18?,21-/m0/s1. The summed E-state index contributed by atoms with van der Waals surface area (Å²) in [6, 6.07) is 9.98. The molecule has 0 bridgehead atoms. The summed E-state index contributed by atoms with van der Waals surface area (Å²) in [4.78, 5) is 31.7. The fourth-order valence-electron chi connectivity index (χ4n) is 3.82. The SMILES string of the molecule is CCN(CC)C(=O)[C@]1(c2ccccc2)CC1CNC(=O)CCCCCON. The predicted molar refractivity (Wildman–Crippen MR) is 106 cm³/mol. The summed E-state index contributed by atoms with van der Waals surface area (Å²) in [6.45, 7) is 6.50. The van der Waals surface area contributed by atoms with Crippen molar-refractivity contribution in [2.75, 3.05) is 26.2 Å². The number of nitrogens with zero attached hydrogens (tertiary/aromatic N) is 1. The molecule has 2 amide bonds. The molecule has 1 fully saturated rings. The molecule has 0 radical (unpaired) electrons. The van der Waals surface area contributed by atoms with Gasteiger partial charge in [-0.3, -0.25) is 9.59 Å². The molecule has 1 aliphatic carbocycles. The molecular formula is C21H33N3O3. The van der Waals surface area contributed by atoms with Crippen LogP contribution in [-0.4, -0.2) is 43.0 Å². The fraction of sp³-hybridized carbons (Fsp3) is 0.619. The number of amides is 2. The summed E-state index contributed by atoms with van der Waals surface area (Å²) < 4.78 is 0. The number of benzene rings is 1.